The largest absolute Gasteiger partial charge is 0.450 e. The molecule has 3 rings (SSSR count). The monoisotopic (exact) mass is 346 g/mol. The Hall–Kier alpha value is -1.99. The molecule has 0 bridgehead atoms. The van der Waals surface area contributed by atoms with Gasteiger partial charge in [-0.25, -0.2) is 9.78 Å². The molecule has 0 spiro atoms. The molecule has 1 amide bonds. The van der Waals surface area contributed by atoms with Crippen LogP contribution in [0.3, 0.4) is 0 Å². The molecule has 3 heterocycles. The number of likely N-dealkylation sites (tertiary alicyclic amines) is 1. The van der Waals surface area contributed by atoms with Crippen molar-refractivity contribution in [1.29, 1.82) is 0 Å². The van der Waals surface area contributed by atoms with Crippen molar-refractivity contribution >= 4 is 17.4 Å². The molecular formula is C17H22N4O2S. The first-order chi connectivity index (χ1) is 11.7. The van der Waals surface area contributed by atoms with Crippen LogP contribution in [0.1, 0.15) is 24.6 Å². The quantitative estimate of drug-likeness (QED) is 0.902. The maximum absolute atomic E-state index is 11.6. The molecular weight excluding hydrogens is 324 g/mol. The first kappa shape index (κ1) is 16.9. The van der Waals surface area contributed by atoms with E-state index >= 15 is 0 Å². The number of alkyl carbamates (subject to hydrolysis) is 1. The maximum Gasteiger partial charge on any atom is 0.407 e. The molecule has 1 fully saturated rings. The molecule has 6 nitrogen and oxygen atoms in total. The first-order valence-corrected chi connectivity index (χ1v) is 9.07. The third-order valence-electron chi connectivity index (χ3n) is 3.94. The predicted molar refractivity (Wildman–Crippen MR) is 93.8 cm³/mol. The van der Waals surface area contributed by atoms with Crippen LogP contribution in [0.25, 0.3) is 10.6 Å². The molecule has 0 radical (unpaired) electrons. The molecule has 0 aliphatic carbocycles. The van der Waals surface area contributed by atoms with Crippen molar-refractivity contribution in [2.75, 3.05) is 19.7 Å². The number of piperidine rings is 1. The number of nitrogens with zero attached hydrogens (tertiary/aromatic N) is 3. The lowest BCUT2D eigenvalue weighted by Gasteiger charge is -2.32. The molecule has 1 aliphatic heterocycles. The molecule has 2 aromatic rings. The lowest BCUT2D eigenvalue weighted by atomic mass is 10.1. The summed E-state index contributed by atoms with van der Waals surface area (Å²) >= 11 is 1.70. The summed E-state index contributed by atoms with van der Waals surface area (Å²) < 4.78 is 4.97. The minimum atomic E-state index is -0.319. The van der Waals surface area contributed by atoms with Crippen LogP contribution in [0.15, 0.2) is 30.7 Å². The Morgan fingerprint density at radius 3 is 3.21 bits per heavy atom. The minimum absolute atomic E-state index is 0.156. The van der Waals surface area contributed by atoms with Gasteiger partial charge in [-0.1, -0.05) is 0 Å². The third-order valence-corrected chi connectivity index (χ3v) is 4.98. The van der Waals surface area contributed by atoms with E-state index < -0.39 is 0 Å². The fourth-order valence-corrected chi connectivity index (χ4v) is 3.82. The van der Waals surface area contributed by atoms with Crippen LogP contribution in [-0.2, 0) is 11.3 Å². The van der Waals surface area contributed by atoms with Gasteiger partial charge in [0.25, 0.3) is 0 Å². The van der Waals surface area contributed by atoms with E-state index in [4.69, 9.17) is 4.74 Å². The van der Waals surface area contributed by atoms with Gasteiger partial charge in [-0.05, 0) is 38.4 Å². The number of ether oxygens (including phenoxy) is 1. The van der Waals surface area contributed by atoms with E-state index in [-0.39, 0.29) is 12.1 Å². The first-order valence-electron chi connectivity index (χ1n) is 8.25. The van der Waals surface area contributed by atoms with Crippen LogP contribution in [0.4, 0.5) is 4.79 Å². The summed E-state index contributed by atoms with van der Waals surface area (Å²) in [5.41, 5.74) is 1.05. The van der Waals surface area contributed by atoms with Gasteiger partial charge in [0.1, 0.15) is 5.01 Å². The highest BCUT2D eigenvalue weighted by Crippen LogP contribution is 2.26. The van der Waals surface area contributed by atoms with Crippen molar-refractivity contribution in [3.63, 3.8) is 0 Å². The zero-order valence-corrected chi connectivity index (χ0v) is 14.6. The third kappa shape index (κ3) is 4.52. The van der Waals surface area contributed by atoms with E-state index in [1.54, 1.807) is 17.5 Å². The number of thiazole rings is 1. The van der Waals surface area contributed by atoms with Gasteiger partial charge in [-0.3, -0.25) is 9.88 Å². The summed E-state index contributed by atoms with van der Waals surface area (Å²) in [6, 6.07) is 4.10. The lowest BCUT2D eigenvalue weighted by Crippen LogP contribution is -2.47. The Kier molecular flexibility index (Phi) is 5.77. The van der Waals surface area contributed by atoms with Gasteiger partial charge in [0.05, 0.1) is 6.61 Å². The molecule has 2 aromatic heterocycles. The Morgan fingerprint density at radius 1 is 1.50 bits per heavy atom. The highest BCUT2D eigenvalue weighted by molar-refractivity contribution is 7.15. The average Bonchev–Trinajstić information content (AvgIpc) is 3.05. The smallest absolute Gasteiger partial charge is 0.407 e. The molecule has 1 aliphatic rings. The average molecular weight is 346 g/mol. The van der Waals surface area contributed by atoms with Gasteiger partial charge in [-0.15, -0.1) is 11.3 Å². The van der Waals surface area contributed by atoms with Crippen LogP contribution in [0, 0.1) is 0 Å². The van der Waals surface area contributed by atoms with Crippen molar-refractivity contribution in [2.45, 2.75) is 32.4 Å². The Labute approximate surface area is 145 Å². The van der Waals surface area contributed by atoms with Gasteiger partial charge in [0.15, 0.2) is 0 Å². The molecule has 1 saturated heterocycles. The van der Waals surface area contributed by atoms with E-state index in [1.807, 2.05) is 31.5 Å². The van der Waals surface area contributed by atoms with Gasteiger partial charge < -0.3 is 10.1 Å². The Balaban J connectivity index is 1.56. The minimum Gasteiger partial charge on any atom is -0.450 e. The van der Waals surface area contributed by atoms with Crippen LogP contribution in [0.2, 0.25) is 0 Å². The fraction of sp³-hybridized carbons (Fsp3) is 0.471. The van der Waals surface area contributed by atoms with Gasteiger partial charge in [0.2, 0.25) is 0 Å². The topological polar surface area (TPSA) is 67.3 Å². The lowest BCUT2D eigenvalue weighted by molar-refractivity contribution is 0.133. The number of carbonyl (C=O) groups excluding carboxylic acids is 1. The van der Waals surface area contributed by atoms with E-state index in [9.17, 15) is 4.79 Å². The predicted octanol–water partition coefficient (Wildman–Crippen LogP) is 2.92. The Bertz CT molecular complexity index is 662. The Morgan fingerprint density at radius 2 is 2.42 bits per heavy atom. The van der Waals surface area contributed by atoms with E-state index in [2.05, 4.69) is 20.2 Å². The van der Waals surface area contributed by atoms with E-state index in [1.165, 1.54) is 4.88 Å². The van der Waals surface area contributed by atoms with Gasteiger partial charge in [0, 0.05) is 48.2 Å². The number of amides is 1. The number of pyridine rings is 1. The SMILES string of the molecule is CCOC(=O)N[C@@H]1CCCN(Cc2cnc(-c3cccnc3)s2)C1. The highest BCUT2D eigenvalue weighted by Gasteiger charge is 2.22. The summed E-state index contributed by atoms with van der Waals surface area (Å²) in [4.78, 5) is 23.8. The normalized spacial score (nSPS) is 18.3. The molecule has 0 unspecified atom stereocenters. The van der Waals surface area contributed by atoms with Crippen LogP contribution in [0.5, 0.6) is 0 Å². The second-order valence-corrected chi connectivity index (χ2v) is 6.93. The van der Waals surface area contributed by atoms with E-state index in [0.717, 1.165) is 43.0 Å². The number of hydrogen-bond donors (Lipinski definition) is 1. The number of carbonyl (C=O) groups is 1. The summed E-state index contributed by atoms with van der Waals surface area (Å²) in [6.45, 7) is 4.97. The zero-order valence-electron chi connectivity index (χ0n) is 13.8. The fourth-order valence-electron chi connectivity index (χ4n) is 2.88. The second kappa shape index (κ2) is 8.21. The molecule has 128 valence electrons. The van der Waals surface area contributed by atoms with Crippen molar-refractivity contribution in [3.8, 4) is 10.6 Å². The van der Waals surface area contributed by atoms with Crippen molar-refractivity contribution in [2.24, 2.45) is 0 Å². The van der Waals surface area contributed by atoms with Crippen LogP contribution < -0.4 is 5.32 Å². The summed E-state index contributed by atoms with van der Waals surface area (Å²) in [6.07, 6.45) is 7.30. The maximum atomic E-state index is 11.6. The number of aromatic nitrogens is 2. The van der Waals surface area contributed by atoms with E-state index in [0.29, 0.717) is 6.61 Å². The van der Waals surface area contributed by atoms with Crippen molar-refractivity contribution < 1.29 is 9.53 Å². The number of rotatable bonds is 5. The molecule has 7 heteroatoms. The molecule has 1 atom stereocenters. The molecule has 0 aromatic carbocycles. The van der Waals surface area contributed by atoms with Gasteiger partial charge >= 0.3 is 6.09 Å². The van der Waals surface area contributed by atoms with Gasteiger partial charge in [-0.2, -0.15) is 0 Å². The van der Waals surface area contributed by atoms with Crippen LogP contribution >= 0.6 is 11.3 Å². The molecule has 24 heavy (non-hydrogen) atoms. The molecule has 0 saturated carbocycles. The number of nitrogens with one attached hydrogen (secondary N) is 1. The zero-order chi connectivity index (χ0) is 16.8. The number of hydrogen-bond acceptors (Lipinski definition) is 6. The van der Waals surface area contributed by atoms with Crippen molar-refractivity contribution in [3.05, 3.63) is 35.6 Å². The van der Waals surface area contributed by atoms with Crippen molar-refractivity contribution in [1.82, 2.24) is 20.2 Å². The molecule has 1 N–H and O–H groups in total. The highest BCUT2D eigenvalue weighted by atomic mass is 32.1. The standard InChI is InChI=1S/C17H22N4O2S/c1-2-23-17(22)20-14-6-4-8-21(11-14)12-15-10-19-16(24-15)13-5-3-7-18-9-13/h3,5,7,9-10,14H,2,4,6,8,11-12H2,1H3,(H,20,22)/t14-/m1/s1. The summed E-state index contributed by atoms with van der Waals surface area (Å²) in [5.74, 6) is 0. The second-order valence-electron chi connectivity index (χ2n) is 5.81. The summed E-state index contributed by atoms with van der Waals surface area (Å²) in [5, 5.41) is 3.94. The van der Waals surface area contributed by atoms with Crippen LogP contribution in [-0.4, -0.2) is 46.7 Å². The summed E-state index contributed by atoms with van der Waals surface area (Å²) in [7, 11) is 0.